The lowest BCUT2D eigenvalue weighted by Crippen LogP contribution is -2.21. The Morgan fingerprint density at radius 1 is 1.38 bits per heavy atom. The zero-order valence-corrected chi connectivity index (χ0v) is 8.25. The zero-order chi connectivity index (χ0) is 11.5. The second kappa shape index (κ2) is 4.14. The number of benzene rings is 1. The summed E-state index contributed by atoms with van der Waals surface area (Å²) in [6.07, 6.45) is 2.95. The van der Waals surface area contributed by atoms with Gasteiger partial charge in [-0.3, -0.25) is 4.68 Å². The lowest BCUT2D eigenvalue weighted by atomic mass is 10.1. The van der Waals surface area contributed by atoms with Crippen molar-refractivity contribution >= 4 is 5.97 Å². The van der Waals surface area contributed by atoms with Crippen molar-refractivity contribution in [2.45, 2.75) is 6.04 Å². The molecule has 0 amide bonds. The Hall–Kier alpha value is -2.17. The third-order valence-corrected chi connectivity index (χ3v) is 2.22. The van der Waals surface area contributed by atoms with Crippen LogP contribution in [0.1, 0.15) is 11.6 Å². The van der Waals surface area contributed by atoms with Gasteiger partial charge in [-0.15, -0.1) is 0 Å². The number of hydrogen-bond acceptors (Lipinski definition) is 2. The molecule has 0 aliphatic rings. The first-order chi connectivity index (χ1) is 7.70. The minimum Gasteiger partial charge on any atom is -0.479 e. The van der Waals surface area contributed by atoms with Crippen molar-refractivity contribution in [3.8, 4) is 0 Å². The largest absolute Gasteiger partial charge is 0.479 e. The first-order valence-electron chi connectivity index (χ1n) is 4.66. The van der Waals surface area contributed by atoms with Crippen molar-refractivity contribution < 1.29 is 14.3 Å². The van der Waals surface area contributed by atoms with E-state index in [1.54, 1.807) is 12.1 Å². The Kier molecular flexibility index (Phi) is 2.68. The summed E-state index contributed by atoms with van der Waals surface area (Å²) < 4.78 is 14.7. The van der Waals surface area contributed by atoms with E-state index in [4.69, 9.17) is 5.11 Å². The molecule has 1 heterocycles. The van der Waals surface area contributed by atoms with Crippen molar-refractivity contribution in [1.29, 1.82) is 0 Å². The fourth-order valence-corrected chi connectivity index (χ4v) is 1.52. The van der Waals surface area contributed by atoms with Gasteiger partial charge >= 0.3 is 5.97 Å². The average Bonchev–Trinajstić information content (AvgIpc) is 2.74. The van der Waals surface area contributed by atoms with Crippen molar-refractivity contribution in [3.63, 3.8) is 0 Å². The maximum absolute atomic E-state index is 13.5. The van der Waals surface area contributed by atoms with Gasteiger partial charge in [0.1, 0.15) is 5.82 Å². The lowest BCUT2D eigenvalue weighted by molar-refractivity contribution is -0.139. The van der Waals surface area contributed by atoms with Gasteiger partial charge < -0.3 is 5.11 Å². The first kappa shape index (κ1) is 10.4. The molecule has 0 saturated carbocycles. The van der Waals surface area contributed by atoms with Gasteiger partial charge in [-0.1, -0.05) is 18.2 Å². The molecule has 1 aromatic carbocycles. The number of rotatable bonds is 3. The summed E-state index contributed by atoms with van der Waals surface area (Å²) in [5.41, 5.74) is 0.0960. The summed E-state index contributed by atoms with van der Waals surface area (Å²) in [6, 6.07) is 6.25. The number of nitrogens with zero attached hydrogens (tertiary/aromatic N) is 2. The molecule has 1 N–H and O–H groups in total. The van der Waals surface area contributed by atoms with E-state index in [1.165, 1.54) is 35.3 Å². The van der Waals surface area contributed by atoms with E-state index in [1.807, 2.05) is 0 Å². The molecule has 0 aliphatic heterocycles. The molecule has 1 atom stereocenters. The van der Waals surface area contributed by atoms with Gasteiger partial charge in [-0.25, -0.2) is 9.18 Å². The van der Waals surface area contributed by atoms with Crippen LogP contribution in [0.5, 0.6) is 0 Å². The van der Waals surface area contributed by atoms with E-state index in [0.29, 0.717) is 0 Å². The molecule has 1 aromatic heterocycles. The van der Waals surface area contributed by atoms with Gasteiger partial charge in [0.2, 0.25) is 0 Å². The van der Waals surface area contributed by atoms with Gasteiger partial charge in [0.05, 0.1) is 0 Å². The Bertz CT molecular complexity index is 496. The zero-order valence-electron chi connectivity index (χ0n) is 8.25. The molecule has 0 aliphatic carbocycles. The second-order valence-corrected chi connectivity index (χ2v) is 3.25. The minimum absolute atomic E-state index is 0.0960. The summed E-state index contributed by atoms with van der Waals surface area (Å²) >= 11 is 0. The number of hydrogen-bond donors (Lipinski definition) is 1. The van der Waals surface area contributed by atoms with Crippen LogP contribution in [-0.4, -0.2) is 20.9 Å². The summed E-state index contributed by atoms with van der Waals surface area (Å²) in [4.78, 5) is 11.1. The molecule has 2 aromatic rings. The molecule has 0 saturated heterocycles. The number of aromatic nitrogens is 2. The minimum atomic E-state index is -1.14. The number of carboxylic acids is 1. The molecule has 5 heteroatoms. The lowest BCUT2D eigenvalue weighted by Gasteiger charge is -2.13. The van der Waals surface area contributed by atoms with Crippen molar-refractivity contribution in [2.24, 2.45) is 0 Å². The Morgan fingerprint density at radius 3 is 2.69 bits per heavy atom. The third-order valence-electron chi connectivity index (χ3n) is 2.22. The quantitative estimate of drug-likeness (QED) is 0.856. The van der Waals surface area contributed by atoms with Crippen LogP contribution >= 0.6 is 0 Å². The van der Waals surface area contributed by atoms with E-state index in [-0.39, 0.29) is 5.56 Å². The predicted octanol–water partition coefficient (Wildman–Crippen LogP) is 1.70. The van der Waals surface area contributed by atoms with Crippen molar-refractivity contribution in [2.75, 3.05) is 0 Å². The SMILES string of the molecule is O=C(O)C(c1ccccc1F)n1cccn1. The highest BCUT2D eigenvalue weighted by molar-refractivity contribution is 5.75. The summed E-state index contributed by atoms with van der Waals surface area (Å²) in [5, 5.41) is 12.9. The number of carbonyl (C=O) groups is 1. The summed E-state index contributed by atoms with van der Waals surface area (Å²) in [5.74, 6) is -1.70. The van der Waals surface area contributed by atoms with Crippen molar-refractivity contribution in [1.82, 2.24) is 9.78 Å². The molecule has 16 heavy (non-hydrogen) atoms. The highest BCUT2D eigenvalue weighted by Gasteiger charge is 2.24. The maximum atomic E-state index is 13.5. The van der Waals surface area contributed by atoms with Crippen LogP contribution in [0.3, 0.4) is 0 Å². The highest BCUT2D eigenvalue weighted by Crippen LogP contribution is 2.20. The van der Waals surface area contributed by atoms with E-state index < -0.39 is 17.8 Å². The van der Waals surface area contributed by atoms with Gasteiger partial charge in [-0.2, -0.15) is 5.10 Å². The topological polar surface area (TPSA) is 55.1 Å². The molecular formula is C11H9FN2O2. The van der Waals surface area contributed by atoms with Crippen LogP contribution in [-0.2, 0) is 4.79 Å². The fourth-order valence-electron chi connectivity index (χ4n) is 1.52. The highest BCUT2D eigenvalue weighted by atomic mass is 19.1. The molecule has 0 bridgehead atoms. The number of carboxylic acid groups (broad SMARTS) is 1. The molecule has 82 valence electrons. The van der Waals surface area contributed by atoms with Gasteiger partial charge in [0.25, 0.3) is 0 Å². The van der Waals surface area contributed by atoms with E-state index in [9.17, 15) is 9.18 Å². The second-order valence-electron chi connectivity index (χ2n) is 3.25. The molecular weight excluding hydrogens is 211 g/mol. The molecule has 1 unspecified atom stereocenters. The monoisotopic (exact) mass is 220 g/mol. The first-order valence-corrected chi connectivity index (χ1v) is 4.66. The normalized spacial score (nSPS) is 12.3. The van der Waals surface area contributed by atoms with Gasteiger partial charge in [0.15, 0.2) is 6.04 Å². The van der Waals surface area contributed by atoms with Crippen LogP contribution in [0.25, 0.3) is 0 Å². The maximum Gasteiger partial charge on any atom is 0.333 e. The Labute approximate surface area is 90.9 Å². The summed E-state index contributed by atoms with van der Waals surface area (Å²) in [6.45, 7) is 0. The molecule has 0 radical (unpaired) electrons. The molecule has 0 spiro atoms. The molecule has 4 nitrogen and oxygen atoms in total. The van der Waals surface area contributed by atoms with E-state index >= 15 is 0 Å². The number of halogens is 1. The van der Waals surface area contributed by atoms with E-state index in [2.05, 4.69) is 5.10 Å². The van der Waals surface area contributed by atoms with Crippen molar-refractivity contribution in [3.05, 3.63) is 54.1 Å². The smallest absolute Gasteiger partial charge is 0.333 e. The molecule has 2 rings (SSSR count). The Morgan fingerprint density at radius 2 is 2.12 bits per heavy atom. The average molecular weight is 220 g/mol. The van der Waals surface area contributed by atoms with Crippen LogP contribution in [0.2, 0.25) is 0 Å². The van der Waals surface area contributed by atoms with Crippen LogP contribution < -0.4 is 0 Å². The fraction of sp³-hybridized carbons (Fsp3) is 0.0909. The number of aliphatic carboxylic acids is 1. The van der Waals surface area contributed by atoms with Gasteiger partial charge in [-0.05, 0) is 12.1 Å². The third kappa shape index (κ3) is 1.79. The standard InChI is InChI=1S/C11H9FN2O2/c12-9-5-2-1-4-8(9)10(11(15)16)14-7-3-6-13-14/h1-7,10H,(H,15,16). The van der Waals surface area contributed by atoms with Crippen LogP contribution in [0.15, 0.2) is 42.7 Å². The molecule has 0 fully saturated rings. The van der Waals surface area contributed by atoms with Crippen LogP contribution in [0.4, 0.5) is 4.39 Å². The van der Waals surface area contributed by atoms with Gasteiger partial charge in [0, 0.05) is 18.0 Å². The predicted molar refractivity (Wildman–Crippen MR) is 54.4 cm³/mol. The Balaban J connectivity index is 2.50. The van der Waals surface area contributed by atoms with E-state index in [0.717, 1.165) is 0 Å². The van der Waals surface area contributed by atoms with Crippen LogP contribution in [0, 0.1) is 5.82 Å². The summed E-state index contributed by atoms with van der Waals surface area (Å²) in [7, 11) is 0.